The molecule has 0 radical (unpaired) electrons. The van der Waals surface area contributed by atoms with Gasteiger partial charge in [-0.3, -0.25) is 4.72 Å². The Morgan fingerprint density at radius 2 is 1.95 bits per heavy atom. The molecule has 21 heavy (non-hydrogen) atoms. The van der Waals surface area contributed by atoms with E-state index < -0.39 is 15.8 Å². The van der Waals surface area contributed by atoms with Gasteiger partial charge in [0.2, 0.25) is 0 Å². The van der Waals surface area contributed by atoms with Crippen molar-refractivity contribution >= 4 is 21.4 Å². The molecule has 0 aliphatic rings. The first-order valence-corrected chi connectivity index (χ1v) is 7.40. The topological polar surface area (TPSA) is 96.0 Å². The van der Waals surface area contributed by atoms with Crippen molar-refractivity contribution in [1.29, 1.82) is 5.26 Å². The number of aryl methyl sites for hydroxylation is 1. The predicted octanol–water partition coefficient (Wildman–Crippen LogP) is 2.39. The zero-order valence-electron chi connectivity index (χ0n) is 11.1. The zero-order valence-corrected chi connectivity index (χ0v) is 11.9. The highest BCUT2D eigenvalue weighted by atomic mass is 32.2. The summed E-state index contributed by atoms with van der Waals surface area (Å²) in [6.45, 7) is 1.64. The number of benzene rings is 2. The van der Waals surface area contributed by atoms with Crippen molar-refractivity contribution < 1.29 is 12.8 Å². The Morgan fingerprint density at radius 3 is 2.62 bits per heavy atom. The lowest BCUT2D eigenvalue weighted by molar-refractivity contribution is 0.600. The maximum atomic E-state index is 13.2. The first-order valence-electron chi connectivity index (χ1n) is 5.92. The van der Waals surface area contributed by atoms with Crippen LogP contribution in [0.3, 0.4) is 0 Å². The first-order chi connectivity index (χ1) is 9.83. The van der Waals surface area contributed by atoms with Gasteiger partial charge in [0, 0.05) is 5.69 Å². The van der Waals surface area contributed by atoms with E-state index in [-0.39, 0.29) is 16.1 Å². The molecule has 2 aromatic rings. The fraction of sp³-hybridized carbons (Fsp3) is 0.0714. The summed E-state index contributed by atoms with van der Waals surface area (Å²) in [4.78, 5) is 0.0327. The van der Waals surface area contributed by atoms with E-state index in [0.29, 0.717) is 11.3 Å². The molecule has 0 aliphatic carbocycles. The molecule has 0 heterocycles. The van der Waals surface area contributed by atoms with Crippen LogP contribution in [0.1, 0.15) is 11.1 Å². The lowest BCUT2D eigenvalue weighted by Gasteiger charge is -2.11. The number of nitrogens with one attached hydrogen (secondary N) is 1. The van der Waals surface area contributed by atoms with E-state index in [4.69, 9.17) is 11.0 Å². The monoisotopic (exact) mass is 305 g/mol. The van der Waals surface area contributed by atoms with E-state index in [9.17, 15) is 12.8 Å². The highest BCUT2D eigenvalue weighted by molar-refractivity contribution is 7.92. The van der Waals surface area contributed by atoms with Crippen molar-refractivity contribution in [2.45, 2.75) is 11.8 Å². The number of rotatable bonds is 3. The molecular formula is C14H12FN3O2S. The summed E-state index contributed by atoms with van der Waals surface area (Å²) in [7, 11) is -3.87. The molecule has 0 aliphatic heterocycles. The number of anilines is 2. The fourth-order valence-corrected chi connectivity index (χ4v) is 3.12. The second-order valence-corrected chi connectivity index (χ2v) is 6.09. The van der Waals surface area contributed by atoms with Gasteiger partial charge in [0.25, 0.3) is 10.0 Å². The Hall–Kier alpha value is -2.59. The third-order valence-electron chi connectivity index (χ3n) is 2.84. The lowest BCUT2D eigenvalue weighted by Crippen LogP contribution is -2.14. The van der Waals surface area contributed by atoms with Crippen LogP contribution in [0.15, 0.2) is 41.3 Å². The summed E-state index contributed by atoms with van der Waals surface area (Å²) in [6, 6.07) is 9.59. The van der Waals surface area contributed by atoms with E-state index >= 15 is 0 Å². The van der Waals surface area contributed by atoms with Crippen LogP contribution in [0.5, 0.6) is 0 Å². The molecule has 0 saturated carbocycles. The molecular weight excluding hydrogens is 293 g/mol. The minimum Gasteiger partial charge on any atom is -0.399 e. The molecule has 0 unspecified atom stereocenters. The van der Waals surface area contributed by atoms with Crippen molar-refractivity contribution in [2.75, 3.05) is 10.5 Å². The van der Waals surface area contributed by atoms with Gasteiger partial charge in [0.1, 0.15) is 11.9 Å². The van der Waals surface area contributed by atoms with E-state index in [1.165, 1.54) is 12.1 Å². The standard InChI is InChI=1S/C14H12FN3O2S/c1-9-2-3-11(17)7-14(9)21(19,20)18-12-4-5-13(15)10(6-12)8-16/h2-7,18H,17H2,1H3. The van der Waals surface area contributed by atoms with Crippen LogP contribution in [0.25, 0.3) is 0 Å². The van der Waals surface area contributed by atoms with Gasteiger partial charge in [-0.05, 0) is 42.8 Å². The summed E-state index contributed by atoms with van der Waals surface area (Å²) in [5.41, 5.74) is 6.31. The van der Waals surface area contributed by atoms with Gasteiger partial charge >= 0.3 is 0 Å². The first kappa shape index (κ1) is 14.8. The average Bonchev–Trinajstić information content (AvgIpc) is 2.43. The molecule has 0 bridgehead atoms. The molecule has 2 aromatic carbocycles. The SMILES string of the molecule is Cc1ccc(N)cc1S(=O)(=O)Nc1ccc(F)c(C#N)c1. The largest absolute Gasteiger partial charge is 0.399 e. The van der Waals surface area contributed by atoms with Gasteiger partial charge in [0.15, 0.2) is 0 Å². The molecule has 7 heteroatoms. The van der Waals surface area contributed by atoms with Crippen LogP contribution in [-0.4, -0.2) is 8.42 Å². The number of nitrogens with zero attached hydrogens (tertiary/aromatic N) is 1. The van der Waals surface area contributed by atoms with Gasteiger partial charge in [0.05, 0.1) is 16.1 Å². The van der Waals surface area contributed by atoms with E-state index in [2.05, 4.69) is 4.72 Å². The number of nitrogens with two attached hydrogens (primary N) is 1. The van der Waals surface area contributed by atoms with Gasteiger partial charge in [-0.25, -0.2) is 12.8 Å². The van der Waals surface area contributed by atoms with Crippen molar-refractivity contribution in [3.8, 4) is 6.07 Å². The minimum atomic E-state index is -3.87. The number of nitrogen functional groups attached to an aromatic ring is 1. The van der Waals surface area contributed by atoms with Gasteiger partial charge in [-0.1, -0.05) is 6.07 Å². The highest BCUT2D eigenvalue weighted by Crippen LogP contribution is 2.22. The second-order valence-electron chi connectivity index (χ2n) is 4.44. The molecule has 0 atom stereocenters. The summed E-state index contributed by atoms with van der Waals surface area (Å²) >= 11 is 0. The Labute approximate surface area is 121 Å². The predicted molar refractivity (Wildman–Crippen MR) is 77.5 cm³/mol. The van der Waals surface area contributed by atoms with Crippen LogP contribution in [-0.2, 0) is 10.0 Å². The minimum absolute atomic E-state index is 0.0327. The smallest absolute Gasteiger partial charge is 0.262 e. The van der Waals surface area contributed by atoms with Gasteiger partial charge < -0.3 is 5.73 Å². The molecule has 0 fully saturated rings. The third-order valence-corrected chi connectivity index (χ3v) is 4.36. The van der Waals surface area contributed by atoms with E-state index in [1.54, 1.807) is 25.1 Å². The van der Waals surface area contributed by atoms with Crippen LogP contribution in [0.2, 0.25) is 0 Å². The van der Waals surface area contributed by atoms with Gasteiger partial charge in [-0.15, -0.1) is 0 Å². The Balaban J connectivity index is 2.43. The highest BCUT2D eigenvalue weighted by Gasteiger charge is 2.18. The number of sulfonamides is 1. The number of nitriles is 1. The molecule has 2 rings (SSSR count). The molecule has 108 valence electrons. The average molecular weight is 305 g/mol. The van der Waals surface area contributed by atoms with Gasteiger partial charge in [-0.2, -0.15) is 5.26 Å². The molecule has 0 saturated heterocycles. The molecule has 0 aromatic heterocycles. The number of halogens is 1. The van der Waals surface area contributed by atoms with Crippen LogP contribution >= 0.6 is 0 Å². The van der Waals surface area contributed by atoms with E-state index in [0.717, 1.165) is 12.1 Å². The van der Waals surface area contributed by atoms with E-state index in [1.807, 2.05) is 0 Å². The maximum absolute atomic E-state index is 13.2. The summed E-state index contributed by atoms with van der Waals surface area (Å²) in [5, 5.41) is 8.75. The molecule has 0 spiro atoms. The summed E-state index contributed by atoms with van der Waals surface area (Å²) < 4.78 is 40.2. The quantitative estimate of drug-likeness (QED) is 0.851. The molecule has 5 nitrogen and oxygen atoms in total. The Kier molecular flexibility index (Phi) is 3.82. The number of hydrogen-bond acceptors (Lipinski definition) is 4. The van der Waals surface area contributed by atoms with Crippen LogP contribution in [0, 0.1) is 24.1 Å². The van der Waals surface area contributed by atoms with Crippen LogP contribution < -0.4 is 10.5 Å². The normalized spacial score (nSPS) is 10.9. The molecule has 0 amide bonds. The van der Waals surface area contributed by atoms with Crippen molar-refractivity contribution in [2.24, 2.45) is 0 Å². The summed E-state index contributed by atoms with van der Waals surface area (Å²) in [6.07, 6.45) is 0. The van der Waals surface area contributed by atoms with Crippen molar-refractivity contribution in [1.82, 2.24) is 0 Å². The van der Waals surface area contributed by atoms with Crippen LogP contribution in [0.4, 0.5) is 15.8 Å². The third kappa shape index (κ3) is 3.12. The Morgan fingerprint density at radius 1 is 1.24 bits per heavy atom. The lowest BCUT2D eigenvalue weighted by atomic mass is 10.2. The fourth-order valence-electron chi connectivity index (χ4n) is 1.79. The number of hydrogen-bond donors (Lipinski definition) is 2. The van der Waals surface area contributed by atoms with Crippen molar-refractivity contribution in [3.05, 3.63) is 53.3 Å². The zero-order chi connectivity index (χ0) is 15.6. The Bertz CT molecular complexity index is 842. The summed E-state index contributed by atoms with van der Waals surface area (Å²) in [5.74, 6) is -0.708. The van der Waals surface area contributed by atoms with Crippen molar-refractivity contribution in [3.63, 3.8) is 0 Å². The second kappa shape index (κ2) is 5.42. The molecule has 3 N–H and O–H groups in total. The maximum Gasteiger partial charge on any atom is 0.262 e.